The standard InChI is InChI=1S/C17H21NO2/c1-4-12-7-6-8-13(5-2)17(12)15-9-16(20-3)14(11-19)10-18-15/h6-10,19H,4-5,11H2,1-3H3. The van der Waals surface area contributed by atoms with Gasteiger partial charge in [0.1, 0.15) is 5.75 Å². The molecular formula is C17H21NO2. The number of aliphatic hydroxyl groups excluding tert-OH is 1. The number of aromatic nitrogens is 1. The monoisotopic (exact) mass is 271 g/mol. The second kappa shape index (κ2) is 6.53. The summed E-state index contributed by atoms with van der Waals surface area (Å²) in [6.45, 7) is 4.24. The molecule has 2 rings (SSSR count). The van der Waals surface area contributed by atoms with Crippen molar-refractivity contribution in [1.82, 2.24) is 4.98 Å². The number of ether oxygens (including phenoxy) is 1. The van der Waals surface area contributed by atoms with Gasteiger partial charge >= 0.3 is 0 Å². The highest BCUT2D eigenvalue weighted by Gasteiger charge is 2.12. The summed E-state index contributed by atoms with van der Waals surface area (Å²) in [5.41, 5.74) is 5.39. The molecule has 106 valence electrons. The average molecular weight is 271 g/mol. The molecule has 0 aliphatic rings. The van der Waals surface area contributed by atoms with E-state index in [0.29, 0.717) is 11.3 Å². The summed E-state index contributed by atoms with van der Waals surface area (Å²) in [5.74, 6) is 0.686. The summed E-state index contributed by atoms with van der Waals surface area (Å²) in [5, 5.41) is 9.29. The molecule has 1 aromatic heterocycles. The lowest BCUT2D eigenvalue weighted by Gasteiger charge is -2.14. The van der Waals surface area contributed by atoms with E-state index in [1.807, 2.05) is 6.07 Å². The molecule has 0 aliphatic heterocycles. The van der Waals surface area contributed by atoms with Crippen molar-refractivity contribution in [2.75, 3.05) is 7.11 Å². The van der Waals surface area contributed by atoms with Crippen LogP contribution in [0, 0.1) is 0 Å². The Hall–Kier alpha value is -1.87. The summed E-state index contributed by atoms with van der Waals surface area (Å²) in [4.78, 5) is 4.51. The molecule has 0 unspecified atom stereocenters. The smallest absolute Gasteiger partial charge is 0.128 e. The molecule has 0 amide bonds. The van der Waals surface area contributed by atoms with Gasteiger partial charge in [0.25, 0.3) is 0 Å². The van der Waals surface area contributed by atoms with Crippen molar-refractivity contribution in [3.8, 4) is 17.0 Å². The van der Waals surface area contributed by atoms with Crippen LogP contribution in [0.15, 0.2) is 30.5 Å². The van der Waals surface area contributed by atoms with Crippen molar-refractivity contribution in [3.05, 3.63) is 47.2 Å². The molecule has 0 atom stereocenters. The molecule has 1 heterocycles. The molecule has 0 radical (unpaired) electrons. The van der Waals surface area contributed by atoms with Crippen molar-refractivity contribution < 1.29 is 9.84 Å². The van der Waals surface area contributed by atoms with Gasteiger partial charge < -0.3 is 9.84 Å². The summed E-state index contributed by atoms with van der Waals surface area (Å²) < 4.78 is 5.35. The van der Waals surface area contributed by atoms with Crippen molar-refractivity contribution in [3.63, 3.8) is 0 Å². The maximum absolute atomic E-state index is 9.29. The lowest BCUT2D eigenvalue weighted by Crippen LogP contribution is -1.99. The van der Waals surface area contributed by atoms with E-state index in [0.717, 1.165) is 18.5 Å². The molecule has 1 N–H and O–H groups in total. The van der Waals surface area contributed by atoms with Gasteiger partial charge in [-0.05, 0) is 24.0 Å². The van der Waals surface area contributed by atoms with Crippen LogP contribution in [0.2, 0.25) is 0 Å². The number of rotatable bonds is 5. The Balaban J connectivity index is 2.61. The van der Waals surface area contributed by atoms with Gasteiger partial charge in [-0.3, -0.25) is 4.98 Å². The second-order valence-electron chi connectivity index (χ2n) is 4.70. The van der Waals surface area contributed by atoms with Gasteiger partial charge in [-0.25, -0.2) is 0 Å². The molecule has 2 aromatic rings. The van der Waals surface area contributed by atoms with E-state index in [9.17, 15) is 5.11 Å². The topological polar surface area (TPSA) is 42.4 Å². The lowest BCUT2D eigenvalue weighted by atomic mass is 9.94. The average Bonchev–Trinajstić information content (AvgIpc) is 2.53. The first-order valence-corrected chi connectivity index (χ1v) is 7.00. The first-order chi connectivity index (χ1) is 9.74. The normalized spacial score (nSPS) is 10.6. The van der Waals surface area contributed by atoms with E-state index in [2.05, 4.69) is 37.0 Å². The van der Waals surface area contributed by atoms with Crippen LogP contribution in [0.1, 0.15) is 30.5 Å². The van der Waals surface area contributed by atoms with Crippen molar-refractivity contribution in [1.29, 1.82) is 0 Å². The fourth-order valence-electron chi connectivity index (χ4n) is 2.48. The maximum Gasteiger partial charge on any atom is 0.128 e. The summed E-state index contributed by atoms with van der Waals surface area (Å²) in [6.07, 6.45) is 3.63. The maximum atomic E-state index is 9.29. The van der Waals surface area contributed by atoms with Crippen LogP contribution in [-0.2, 0) is 19.4 Å². The van der Waals surface area contributed by atoms with Gasteiger partial charge in [0.2, 0.25) is 0 Å². The first-order valence-electron chi connectivity index (χ1n) is 7.00. The SMILES string of the molecule is CCc1cccc(CC)c1-c1cc(OC)c(CO)cn1. The van der Waals surface area contributed by atoms with Gasteiger partial charge in [0.15, 0.2) is 0 Å². The Morgan fingerprint density at radius 2 is 1.75 bits per heavy atom. The van der Waals surface area contributed by atoms with Crippen LogP contribution >= 0.6 is 0 Å². The zero-order valence-electron chi connectivity index (χ0n) is 12.3. The Morgan fingerprint density at radius 1 is 1.10 bits per heavy atom. The van der Waals surface area contributed by atoms with Crippen LogP contribution in [0.5, 0.6) is 5.75 Å². The lowest BCUT2D eigenvalue weighted by molar-refractivity contribution is 0.273. The number of pyridine rings is 1. The minimum absolute atomic E-state index is 0.0630. The zero-order valence-corrected chi connectivity index (χ0v) is 12.3. The molecule has 0 spiro atoms. The Bertz CT molecular complexity index is 571. The summed E-state index contributed by atoms with van der Waals surface area (Å²) >= 11 is 0. The fraction of sp³-hybridized carbons (Fsp3) is 0.353. The van der Waals surface area contributed by atoms with Crippen LogP contribution in [0.3, 0.4) is 0 Å². The number of hydrogen-bond acceptors (Lipinski definition) is 3. The molecule has 0 aliphatic carbocycles. The number of hydrogen-bond donors (Lipinski definition) is 1. The van der Waals surface area contributed by atoms with Crippen molar-refractivity contribution >= 4 is 0 Å². The molecule has 3 heteroatoms. The number of benzene rings is 1. The molecule has 3 nitrogen and oxygen atoms in total. The van der Waals surface area contributed by atoms with Crippen molar-refractivity contribution in [2.24, 2.45) is 0 Å². The highest BCUT2D eigenvalue weighted by molar-refractivity contribution is 5.69. The summed E-state index contributed by atoms with van der Waals surface area (Å²) in [6, 6.07) is 8.30. The predicted octanol–water partition coefficient (Wildman–Crippen LogP) is 3.37. The second-order valence-corrected chi connectivity index (χ2v) is 4.70. The quantitative estimate of drug-likeness (QED) is 0.906. The first kappa shape index (κ1) is 14.5. The molecule has 0 saturated heterocycles. The number of aliphatic hydroxyl groups is 1. The van der Waals surface area contributed by atoms with Crippen LogP contribution < -0.4 is 4.74 Å². The third kappa shape index (κ3) is 2.68. The Kier molecular flexibility index (Phi) is 4.74. The van der Waals surface area contributed by atoms with E-state index in [1.54, 1.807) is 13.3 Å². The van der Waals surface area contributed by atoms with Gasteiger partial charge in [-0.15, -0.1) is 0 Å². The van der Waals surface area contributed by atoms with Crippen LogP contribution in [-0.4, -0.2) is 17.2 Å². The number of nitrogens with zero attached hydrogens (tertiary/aromatic N) is 1. The third-order valence-electron chi connectivity index (χ3n) is 3.59. The molecule has 1 aromatic carbocycles. The predicted molar refractivity (Wildman–Crippen MR) is 80.9 cm³/mol. The van der Waals surface area contributed by atoms with Gasteiger partial charge in [-0.2, -0.15) is 0 Å². The van der Waals surface area contributed by atoms with Crippen LogP contribution in [0.25, 0.3) is 11.3 Å². The van der Waals surface area contributed by atoms with E-state index in [4.69, 9.17) is 4.74 Å². The highest BCUT2D eigenvalue weighted by Crippen LogP contribution is 2.31. The molecule has 20 heavy (non-hydrogen) atoms. The van der Waals surface area contributed by atoms with Gasteiger partial charge in [-0.1, -0.05) is 32.0 Å². The van der Waals surface area contributed by atoms with Crippen molar-refractivity contribution in [2.45, 2.75) is 33.3 Å². The van der Waals surface area contributed by atoms with E-state index in [1.165, 1.54) is 16.7 Å². The molecule has 0 saturated carbocycles. The molecule has 0 fully saturated rings. The Morgan fingerprint density at radius 3 is 2.25 bits per heavy atom. The molecular weight excluding hydrogens is 250 g/mol. The number of aryl methyl sites for hydroxylation is 2. The number of methoxy groups -OCH3 is 1. The van der Waals surface area contributed by atoms with E-state index < -0.39 is 0 Å². The van der Waals surface area contributed by atoms with E-state index >= 15 is 0 Å². The largest absolute Gasteiger partial charge is 0.496 e. The van der Waals surface area contributed by atoms with Crippen LogP contribution in [0.4, 0.5) is 0 Å². The minimum atomic E-state index is -0.0630. The Labute approximate surface area is 120 Å². The third-order valence-corrected chi connectivity index (χ3v) is 3.59. The minimum Gasteiger partial charge on any atom is -0.496 e. The van der Waals surface area contributed by atoms with Gasteiger partial charge in [0, 0.05) is 23.4 Å². The van der Waals surface area contributed by atoms with E-state index in [-0.39, 0.29) is 6.61 Å². The summed E-state index contributed by atoms with van der Waals surface area (Å²) in [7, 11) is 1.62. The van der Waals surface area contributed by atoms with Gasteiger partial charge in [0.05, 0.1) is 19.4 Å². The highest BCUT2D eigenvalue weighted by atomic mass is 16.5. The fourth-order valence-corrected chi connectivity index (χ4v) is 2.48. The molecule has 0 bridgehead atoms. The zero-order chi connectivity index (χ0) is 14.5.